The molecule has 2 atom stereocenters. The summed E-state index contributed by atoms with van der Waals surface area (Å²) in [5.74, 6) is -1.25. The van der Waals surface area contributed by atoms with Crippen molar-refractivity contribution in [2.45, 2.75) is 70.4 Å². The van der Waals surface area contributed by atoms with Gasteiger partial charge < -0.3 is 20.5 Å². The smallest absolute Gasteiger partial charge is 0.407 e. The zero-order valence-corrected chi connectivity index (χ0v) is 19.9. The molecule has 0 spiro atoms. The minimum absolute atomic E-state index is 0.0307. The third-order valence-corrected chi connectivity index (χ3v) is 6.28. The van der Waals surface area contributed by atoms with Crippen molar-refractivity contribution in [3.05, 3.63) is 59.7 Å². The maximum Gasteiger partial charge on any atom is 0.407 e. The SMILES string of the molecule is CCCC[C@@H](CC(=O)N[C@@H](CC)CC(=O)O)NC(=O)OCC1c2ccccc2-c2ccccc21. The van der Waals surface area contributed by atoms with Gasteiger partial charge in [-0.1, -0.05) is 75.2 Å². The van der Waals surface area contributed by atoms with Gasteiger partial charge >= 0.3 is 12.1 Å². The van der Waals surface area contributed by atoms with E-state index in [1.54, 1.807) is 0 Å². The van der Waals surface area contributed by atoms with Crippen molar-refractivity contribution in [1.29, 1.82) is 0 Å². The Hall–Kier alpha value is -3.35. The van der Waals surface area contributed by atoms with E-state index < -0.39 is 18.1 Å². The van der Waals surface area contributed by atoms with E-state index in [0.717, 1.165) is 35.1 Å². The van der Waals surface area contributed by atoms with Crippen molar-refractivity contribution in [3.8, 4) is 11.1 Å². The highest BCUT2D eigenvalue weighted by molar-refractivity contribution is 5.80. The lowest BCUT2D eigenvalue weighted by molar-refractivity contribution is -0.137. The zero-order valence-electron chi connectivity index (χ0n) is 19.9. The molecule has 7 heteroatoms. The fourth-order valence-corrected chi connectivity index (χ4v) is 4.50. The predicted octanol–water partition coefficient (Wildman–Crippen LogP) is 4.84. The Balaban J connectivity index is 1.59. The Kier molecular flexibility index (Phi) is 9.08. The number of hydrogen-bond acceptors (Lipinski definition) is 4. The van der Waals surface area contributed by atoms with Gasteiger partial charge in [0, 0.05) is 24.4 Å². The minimum Gasteiger partial charge on any atom is -0.481 e. The highest BCUT2D eigenvalue weighted by Crippen LogP contribution is 2.44. The number of carboxylic acid groups (broad SMARTS) is 1. The van der Waals surface area contributed by atoms with Gasteiger partial charge in [-0.3, -0.25) is 9.59 Å². The molecule has 0 saturated heterocycles. The van der Waals surface area contributed by atoms with Crippen LogP contribution in [0, 0.1) is 0 Å². The van der Waals surface area contributed by atoms with Crippen molar-refractivity contribution in [2.75, 3.05) is 6.61 Å². The number of alkyl carbamates (subject to hydrolysis) is 1. The molecule has 0 unspecified atom stereocenters. The van der Waals surface area contributed by atoms with Crippen LogP contribution in [-0.2, 0) is 14.3 Å². The van der Waals surface area contributed by atoms with E-state index in [2.05, 4.69) is 34.9 Å². The van der Waals surface area contributed by atoms with Crippen LogP contribution in [0.2, 0.25) is 0 Å². The van der Waals surface area contributed by atoms with Gasteiger partial charge in [0.2, 0.25) is 5.91 Å². The van der Waals surface area contributed by atoms with Gasteiger partial charge in [0.1, 0.15) is 6.61 Å². The molecule has 7 nitrogen and oxygen atoms in total. The standard InChI is InChI=1S/C27H34N2O5/c1-3-5-10-19(15-25(30)28-18(4-2)16-26(31)32)29-27(33)34-17-24-22-13-8-6-11-20(22)21-12-7-9-14-23(21)24/h6-9,11-14,18-19,24H,3-5,10,15-17H2,1-2H3,(H,28,30)(H,29,33)(H,31,32)/t18-,19-/m0/s1. The zero-order chi connectivity index (χ0) is 24.5. The summed E-state index contributed by atoms with van der Waals surface area (Å²) in [7, 11) is 0. The Morgan fingerprint density at radius 3 is 2.09 bits per heavy atom. The maximum absolute atomic E-state index is 12.7. The first-order valence-corrected chi connectivity index (χ1v) is 12.1. The molecule has 3 N–H and O–H groups in total. The summed E-state index contributed by atoms with van der Waals surface area (Å²) >= 11 is 0. The van der Waals surface area contributed by atoms with Crippen LogP contribution in [0.15, 0.2) is 48.5 Å². The molecule has 0 aromatic heterocycles. The summed E-state index contributed by atoms with van der Waals surface area (Å²) < 4.78 is 5.63. The fraction of sp³-hybridized carbons (Fsp3) is 0.444. The van der Waals surface area contributed by atoms with Gasteiger partial charge in [0.25, 0.3) is 0 Å². The number of carbonyl (C=O) groups is 3. The lowest BCUT2D eigenvalue weighted by atomic mass is 9.98. The normalized spacial score (nSPS) is 13.9. The Labute approximate surface area is 200 Å². The number of unbranched alkanes of at least 4 members (excludes halogenated alkanes) is 1. The number of hydrogen-bond donors (Lipinski definition) is 3. The molecule has 34 heavy (non-hydrogen) atoms. The molecule has 1 aliphatic rings. The van der Waals surface area contributed by atoms with Gasteiger partial charge in [-0.05, 0) is 35.1 Å². The highest BCUT2D eigenvalue weighted by Gasteiger charge is 2.29. The number of carbonyl (C=O) groups excluding carboxylic acids is 2. The summed E-state index contributed by atoms with van der Waals surface area (Å²) in [4.78, 5) is 36.1. The number of rotatable bonds is 12. The third kappa shape index (κ3) is 6.59. The summed E-state index contributed by atoms with van der Waals surface area (Å²) in [5.41, 5.74) is 4.61. The average molecular weight is 467 g/mol. The molecule has 0 heterocycles. The van der Waals surface area contributed by atoms with Crippen LogP contribution < -0.4 is 10.6 Å². The van der Waals surface area contributed by atoms with E-state index in [1.165, 1.54) is 0 Å². The second-order valence-corrected chi connectivity index (χ2v) is 8.78. The van der Waals surface area contributed by atoms with Gasteiger partial charge in [0.15, 0.2) is 0 Å². The topological polar surface area (TPSA) is 105 Å². The number of amides is 2. The lowest BCUT2D eigenvalue weighted by Crippen LogP contribution is -2.42. The monoisotopic (exact) mass is 466 g/mol. The van der Waals surface area contributed by atoms with Crippen LogP contribution in [0.25, 0.3) is 11.1 Å². The summed E-state index contributed by atoms with van der Waals surface area (Å²) in [5, 5.41) is 14.6. The fourth-order valence-electron chi connectivity index (χ4n) is 4.50. The van der Waals surface area contributed by atoms with E-state index in [9.17, 15) is 14.4 Å². The van der Waals surface area contributed by atoms with Crippen LogP contribution in [0.1, 0.15) is 69.4 Å². The molecular weight excluding hydrogens is 432 g/mol. The van der Waals surface area contributed by atoms with Crippen molar-refractivity contribution >= 4 is 18.0 Å². The predicted molar refractivity (Wildman–Crippen MR) is 131 cm³/mol. The third-order valence-electron chi connectivity index (χ3n) is 6.28. The Morgan fingerprint density at radius 1 is 0.912 bits per heavy atom. The van der Waals surface area contributed by atoms with Crippen molar-refractivity contribution in [2.24, 2.45) is 0 Å². The molecule has 182 valence electrons. The van der Waals surface area contributed by atoms with E-state index >= 15 is 0 Å². The number of benzene rings is 2. The van der Waals surface area contributed by atoms with E-state index in [-0.39, 0.29) is 37.3 Å². The second-order valence-electron chi connectivity index (χ2n) is 8.78. The molecule has 2 aromatic carbocycles. The van der Waals surface area contributed by atoms with E-state index in [0.29, 0.717) is 12.8 Å². The highest BCUT2D eigenvalue weighted by atomic mass is 16.5. The number of carboxylic acids is 1. The van der Waals surface area contributed by atoms with Gasteiger partial charge in [0.05, 0.1) is 6.42 Å². The van der Waals surface area contributed by atoms with E-state index in [1.807, 2.05) is 38.1 Å². The number of aliphatic carboxylic acids is 1. The van der Waals surface area contributed by atoms with Crippen LogP contribution in [0.4, 0.5) is 4.79 Å². The first-order chi connectivity index (χ1) is 16.4. The first kappa shape index (κ1) is 25.3. The molecule has 3 rings (SSSR count). The van der Waals surface area contributed by atoms with Crippen LogP contribution in [0.3, 0.4) is 0 Å². The molecule has 1 aliphatic carbocycles. The quantitative estimate of drug-likeness (QED) is 0.415. The molecule has 0 bridgehead atoms. The average Bonchev–Trinajstić information content (AvgIpc) is 3.14. The number of ether oxygens (including phenoxy) is 1. The van der Waals surface area contributed by atoms with Crippen LogP contribution >= 0.6 is 0 Å². The molecule has 2 amide bonds. The van der Waals surface area contributed by atoms with Gasteiger partial charge in [-0.2, -0.15) is 0 Å². The van der Waals surface area contributed by atoms with Crippen molar-refractivity contribution < 1.29 is 24.2 Å². The Bertz CT molecular complexity index is 961. The second kappa shape index (κ2) is 12.2. The number of fused-ring (bicyclic) bond motifs is 3. The minimum atomic E-state index is -0.952. The van der Waals surface area contributed by atoms with Gasteiger partial charge in [-0.15, -0.1) is 0 Å². The summed E-state index contributed by atoms with van der Waals surface area (Å²) in [6.07, 6.45) is 2.37. The molecule has 2 aromatic rings. The largest absolute Gasteiger partial charge is 0.481 e. The molecular formula is C27H34N2O5. The van der Waals surface area contributed by atoms with Crippen LogP contribution in [-0.4, -0.2) is 41.8 Å². The molecule has 0 fully saturated rings. The molecule has 0 aliphatic heterocycles. The maximum atomic E-state index is 12.7. The number of nitrogens with one attached hydrogen (secondary N) is 2. The van der Waals surface area contributed by atoms with Crippen molar-refractivity contribution in [1.82, 2.24) is 10.6 Å². The molecule has 0 radical (unpaired) electrons. The van der Waals surface area contributed by atoms with E-state index in [4.69, 9.17) is 9.84 Å². The Morgan fingerprint density at radius 2 is 1.53 bits per heavy atom. The molecule has 0 saturated carbocycles. The lowest BCUT2D eigenvalue weighted by Gasteiger charge is -2.21. The first-order valence-electron chi connectivity index (χ1n) is 12.1. The summed E-state index contributed by atoms with van der Waals surface area (Å²) in [6, 6.07) is 15.5. The van der Waals surface area contributed by atoms with Crippen molar-refractivity contribution in [3.63, 3.8) is 0 Å². The van der Waals surface area contributed by atoms with Crippen LogP contribution in [0.5, 0.6) is 0 Å². The summed E-state index contributed by atoms with van der Waals surface area (Å²) in [6.45, 7) is 4.09. The van der Waals surface area contributed by atoms with Gasteiger partial charge in [-0.25, -0.2) is 4.79 Å².